The van der Waals surface area contributed by atoms with E-state index in [2.05, 4.69) is 0 Å². The van der Waals surface area contributed by atoms with E-state index in [1.165, 1.54) is 12.1 Å². The molecule has 1 atom stereocenters. The van der Waals surface area contributed by atoms with E-state index in [1.807, 2.05) is 0 Å². The number of rotatable bonds is 3. The molecule has 0 radical (unpaired) electrons. The molecule has 0 spiro atoms. The molecule has 0 aliphatic rings. The lowest BCUT2D eigenvalue weighted by molar-refractivity contribution is 0.178. The fourth-order valence-electron chi connectivity index (χ4n) is 1.69. The van der Waals surface area contributed by atoms with Crippen LogP contribution in [0.3, 0.4) is 0 Å². The van der Waals surface area contributed by atoms with Crippen molar-refractivity contribution in [3.05, 3.63) is 69.5 Å². The van der Waals surface area contributed by atoms with Gasteiger partial charge in [0.2, 0.25) is 0 Å². The molecule has 0 fully saturated rings. The number of hydrogen-bond donors (Lipinski definition) is 1. The lowest BCUT2D eigenvalue weighted by Crippen LogP contribution is -2.02. The quantitative estimate of drug-likeness (QED) is 0.885. The highest BCUT2D eigenvalue weighted by molar-refractivity contribution is 6.30. The average Bonchev–Trinajstić information content (AvgIpc) is 2.34. The summed E-state index contributed by atoms with van der Waals surface area (Å²) in [5, 5.41) is 10.7. The summed E-state index contributed by atoms with van der Waals surface area (Å²) in [6.07, 6.45) is -0.363. The molecule has 2 aromatic carbocycles. The van der Waals surface area contributed by atoms with Crippen molar-refractivity contribution in [3.63, 3.8) is 0 Å². The first-order valence-electron chi connectivity index (χ1n) is 5.44. The second kappa shape index (κ2) is 5.70. The molecule has 0 bridgehead atoms. The summed E-state index contributed by atoms with van der Waals surface area (Å²) in [6, 6.07) is 11.4. The molecule has 0 amide bonds. The van der Waals surface area contributed by atoms with Crippen LogP contribution < -0.4 is 0 Å². The average molecular weight is 285 g/mol. The predicted octanol–water partition coefficient (Wildman–Crippen LogP) is 4.41. The molecular formula is C14H11Cl2FO. The Morgan fingerprint density at radius 1 is 1.06 bits per heavy atom. The van der Waals surface area contributed by atoms with Gasteiger partial charge in [-0.05, 0) is 35.4 Å². The lowest BCUT2D eigenvalue weighted by Gasteiger charge is -2.11. The topological polar surface area (TPSA) is 20.2 Å². The third kappa shape index (κ3) is 3.22. The standard InChI is InChI=1S/C14H11Cl2FO/c15-11-4-2-10(3-5-11)14(18)8-9-1-6-12(16)13(17)7-9/h1-7,14,18H,8H2. The van der Waals surface area contributed by atoms with Gasteiger partial charge in [0.1, 0.15) is 5.82 Å². The van der Waals surface area contributed by atoms with Crippen LogP contribution >= 0.6 is 23.2 Å². The van der Waals surface area contributed by atoms with Crippen molar-refractivity contribution < 1.29 is 9.50 Å². The number of benzene rings is 2. The van der Waals surface area contributed by atoms with Crippen molar-refractivity contribution in [3.8, 4) is 0 Å². The molecule has 18 heavy (non-hydrogen) atoms. The third-order valence-electron chi connectivity index (χ3n) is 2.67. The summed E-state index contributed by atoms with van der Waals surface area (Å²) in [5.74, 6) is -0.475. The number of hydrogen-bond acceptors (Lipinski definition) is 1. The molecule has 0 aliphatic carbocycles. The van der Waals surface area contributed by atoms with Gasteiger partial charge in [-0.3, -0.25) is 0 Å². The van der Waals surface area contributed by atoms with Gasteiger partial charge in [-0.1, -0.05) is 41.4 Å². The smallest absolute Gasteiger partial charge is 0.142 e. The van der Waals surface area contributed by atoms with Crippen molar-refractivity contribution in [2.75, 3.05) is 0 Å². The Labute approximate surface area is 115 Å². The van der Waals surface area contributed by atoms with Crippen molar-refractivity contribution in [1.82, 2.24) is 0 Å². The van der Waals surface area contributed by atoms with Crippen LogP contribution in [0.2, 0.25) is 10.0 Å². The molecule has 2 rings (SSSR count). The van der Waals surface area contributed by atoms with E-state index in [0.29, 0.717) is 17.0 Å². The van der Waals surface area contributed by atoms with Crippen LogP contribution in [-0.2, 0) is 6.42 Å². The normalized spacial score (nSPS) is 12.4. The summed E-state index contributed by atoms with van der Waals surface area (Å²) in [4.78, 5) is 0. The summed E-state index contributed by atoms with van der Waals surface area (Å²) in [6.45, 7) is 0. The summed E-state index contributed by atoms with van der Waals surface area (Å²) in [7, 11) is 0. The van der Waals surface area contributed by atoms with Crippen LogP contribution in [0.1, 0.15) is 17.2 Å². The predicted molar refractivity (Wildman–Crippen MR) is 71.5 cm³/mol. The highest BCUT2D eigenvalue weighted by atomic mass is 35.5. The molecule has 0 saturated carbocycles. The zero-order valence-corrected chi connectivity index (χ0v) is 10.9. The first-order chi connectivity index (χ1) is 8.56. The molecule has 0 heterocycles. The van der Waals surface area contributed by atoms with E-state index in [-0.39, 0.29) is 5.02 Å². The van der Waals surface area contributed by atoms with E-state index < -0.39 is 11.9 Å². The van der Waals surface area contributed by atoms with Gasteiger partial charge in [0.15, 0.2) is 0 Å². The zero-order valence-electron chi connectivity index (χ0n) is 9.41. The van der Waals surface area contributed by atoms with Crippen molar-refractivity contribution >= 4 is 23.2 Å². The highest BCUT2D eigenvalue weighted by Gasteiger charge is 2.10. The first-order valence-corrected chi connectivity index (χ1v) is 6.19. The Bertz CT molecular complexity index is 540. The molecule has 0 aliphatic heterocycles. The number of aliphatic hydroxyl groups excluding tert-OH is 1. The van der Waals surface area contributed by atoms with Gasteiger partial charge in [0, 0.05) is 11.4 Å². The second-order valence-corrected chi connectivity index (χ2v) is 4.86. The monoisotopic (exact) mass is 284 g/mol. The molecule has 0 aromatic heterocycles. The Kier molecular flexibility index (Phi) is 4.23. The van der Waals surface area contributed by atoms with Crippen LogP contribution in [0.25, 0.3) is 0 Å². The molecule has 1 nitrogen and oxygen atoms in total. The maximum atomic E-state index is 13.3. The summed E-state index contributed by atoms with van der Waals surface area (Å²) < 4.78 is 13.3. The minimum absolute atomic E-state index is 0.0831. The van der Waals surface area contributed by atoms with Gasteiger partial charge in [0.25, 0.3) is 0 Å². The van der Waals surface area contributed by atoms with Crippen LogP contribution in [0.15, 0.2) is 42.5 Å². The van der Waals surface area contributed by atoms with Crippen LogP contribution in [0.4, 0.5) is 4.39 Å². The van der Waals surface area contributed by atoms with Crippen molar-refractivity contribution in [2.45, 2.75) is 12.5 Å². The van der Waals surface area contributed by atoms with Crippen molar-refractivity contribution in [1.29, 1.82) is 0 Å². The van der Waals surface area contributed by atoms with Gasteiger partial charge < -0.3 is 5.11 Å². The first kappa shape index (κ1) is 13.3. The molecular weight excluding hydrogens is 274 g/mol. The fourth-order valence-corrected chi connectivity index (χ4v) is 1.94. The second-order valence-electron chi connectivity index (χ2n) is 4.02. The number of halogens is 3. The van der Waals surface area contributed by atoms with Gasteiger partial charge in [-0.25, -0.2) is 4.39 Å². The van der Waals surface area contributed by atoms with E-state index in [9.17, 15) is 9.50 Å². The van der Waals surface area contributed by atoms with Gasteiger partial charge in [-0.2, -0.15) is 0 Å². The minimum Gasteiger partial charge on any atom is -0.388 e. The molecule has 2 aromatic rings. The minimum atomic E-state index is -0.692. The SMILES string of the molecule is OC(Cc1ccc(Cl)c(F)c1)c1ccc(Cl)cc1. The molecule has 0 saturated heterocycles. The van der Waals surface area contributed by atoms with E-state index in [4.69, 9.17) is 23.2 Å². The van der Waals surface area contributed by atoms with Crippen molar-refractivity contribution in [2.24, 2.45) is 0 Å². The number of aliphatic hydroxyl groups is 1. The molecule has 94 valence electrons. The Hall–Kier alpha value is -1.09. The zero-order chi connectivity index (χ0) is 13.1. The summed E-state index contributed by atoms with van der Waals surface area (Å²) >= 11 is 11.4. The largest absolute Gasteiger partial charge is 0.388 e. The van der Waals surface area contributed by atoms with Gasteiger partial charge in [-0.15, -0.1) is 0 Å². The lowest BCUT2D eigenvalue weighted by atomic mass is 10.0. The van der Waals surface area contributed by atoms with E-state index >= 15 is 0 Å². The molecule has 4 heteroatoms. The van der Waals surface area contributed by atoms with Gasteiger partial charge >= 0.3 is 0 Å². The van der Waals surface area contributed by atoms with Crippen LogP contribution in [-0.4, -0.2) is 5.11 Å². The Balaban J connectivity index is 2.13. The summed E-state index contributed by atoms with van der Waals surface area (Å²) in [5.41, 5.74) is 1.44. The maximum absolute atomic E-state index is 13.3. The molecule has 1 N–H and O–H groups in total. The Morgan fingerprint density at radius 2 is 1.72 bits per heavy atom. The third-order valence-corrected chi connectivity index (χ3v) is 3.23. The van der Waals surface area contributed by atoms with Crippen LogP contribution in [0.5, 0.6) is 0 Å². The van der Waals surface area contributed by atoms with Gasteiger partial charge in [0.05, 0.1) is 11.1 Å². The maximum Gasteiger partial charge on any atom is 0.142 e. The van der Waals surface area contributed by atoms with E-state index in [0.717, 1.165) is 5.56 Å². The van der Waals surface area contributed by atoms with Crippen LogP contribution in [0, 0.1) is 5.82 Å². The Morgan fingerprint density at radius 3 is 2.33 bits per heavy atom. The molecule has 1 unspecified atom stereocenters. The fraction of sp³-hybridized carbons (Fsp3) is 0.143. The highest BCUT2D eigenvalue weighted by Crippen LogP contribution is 2.22. The van der Waals surface area contributed by atoms with E-state index in [1.54, 1.807) is 30.3 Å².